The summed E-state index contributed by atoms with van der Waals surface area (Å²) in [5.41, 5.74) is 10.0. The fourth-order valence-corrected chi connectivity index (χ4v) is 2.36. The topological polar surface area (TPSA) is 78.3 Å². The first kappa shape index (κ1) is 14.2. The molecule has 0 N–H and O–H groups in total. The summed E-state index contributed by atoms with van der Waals surface area (Å²) in [4.78, 5) is 16.8. The minimum absolute atomic E-state index is 0.0875. The van der Waals surface area contributed by atoms with Crippen molar-refractivity contribution in [3.8, 4) is 0 Å². The molecule has 6 heteroatoms. The lowest BCUT2D eigenvalue weighted by molar-refractivity contribution is 0.0526. The maximum atomic E-state index is 11.7. The largest absolute Gasteiger partial charge is 0.462 e. The van der Waals surface area contributed by atoms with E-state index in [4.69, 9.17) is 10.3 Å². The molecule has 0 radical (unpaired) electrons. The van der Waals surface area contributed by atoms with Crippen LogP contribution in [0.5, 0.6) is 0 Å². The molecule has 1 saturated heterocycles. The van der Waals surface area contributed by atoms with Gasteiger partial charge >= 0.3 is 5.97 Å². The van der Waals surface area contributed by atoms with Crippen LogP contribution in [-0.2, 0) is 4.74 Å². The molecular weight excluding hydrogens is 256 g/mol. The molecule has 0 bridgehead atoms. The maximum Gasteiger partial charge on any atom is 0.338 e. The van der Waals surface area contributed by atoms with E-state index in [1.165, 1.54) is 0 Å². The van der Waals surface area contributed by atoms with Gasteiger partial charge in [-0.1, -0.05) is 11.2 Å². The Morgan fingerprint density at radius 1 is 1.50 bits per heavy atom. The highest BCUT2D eigenvalue weighted by Gasteiger charge is 2.19. The molecule has 1 aliphatic heterocycles. The fraction of sp³-hybridized carbons (Fsp3) is 0.500. The fourth-order valence-electron chi connectivity index (χ4n) is 2.36. The third-order valence-corrected chi connectivity index (χ3v) is 3.40. The Bertz CT molecular complexity index is 518. The summed E-state index contributed by atoms with van der Waals surface area (Å²) in [5.74, 6) is -0.293. The van der Waals surface area contributed by atoms with Crippen LogP contribution in [0.4, 0.5) is 5.69 Å². The molecule has 20 heavy (non-hydrogen) atoms. The minimum atomic E-state index is -0.293. The van der Waals surface area contributed by atoms with Gasteiger partial charge in [-0.3, -0.25) is 0 Å². The highest BCUT2D eigenvalue weighted by molar-refractivity contribution is 5.90. The zero-order valence-electron chi connectivity index (χ0n) is 11.5. The number of esters is 1. The number of hydrogen-bond acceptors (Lipinski definition) is 4. The van der Waals surface area contributed by atoms with Crippen molar-refractivity contribution in [2.75, 3.05) is 24.6 Å². The molecular formula is C14H18N4O2. The van der Waals surface area contributed by atoms with Crippen molar-refractivity contribution in [1.82, 2.24) is 0 Å². The molecule has 0 unspecified atom stereocenters. The van der Waals surface area contributed by atoms with Crippen LogP contribution in [0.15, 0.2) is 29.4 Å². The van der Waals surface area contributed by atoms with Gasteiger partial charge in [0.15, 0.2) is 0 Å². The van der Waals surface area contributed by atoms with Crippen LogP contribution >= 0.6 is 0 Å². The van der Waals surface area contributed by atoms with E-state index in [1.807, 2.05) is 18.2 Å². The van der Waals surface area contributed by atoms with Crippen LogP contribution in [-0.4, -0.2) is 31.7 Å². The summed E-state index contributed by atoms with van der Waals surface area (Å²) in [5, 5.41) is 3.76. The molecule has 0 saturated carbocycles. The quantitative estimate of drug-likeness (QED) is 0.366. The highest BCUT2D eigenvalue weighted by atomic mass is 16.5. The molecule has 2 rings (SSSR count). The Balaban J connectivity index is 2.05. The number of ether oxygens (including phenoxy) is 1. The van der Waals surface area contributed by atoms with Gasteiger partial charge in [0.25, 0.3) is 0 Å². The van der Waals surface area contributed by atoms with E-state index in [9.17, 15) is 4.79 Å². The molecule has 1 aliphatic rings. The van der Waals surface area contributed by atoms with Gasteiger partial charge in [-0.2, -0.15) is 0 Å². The Labute approximate surface area is 118 Å². The molecule has 0 atom stereocenters. The number of nitrogens with zero attached hydrogens (tertiary/aromatic N) is 4. The molecule has 106 valence electrons. The van der Waals surface area contributed by atoms with Gasteiger partial charge in [0.1, 0.15) is 0 Å². The van der Waals surface area contributed by atoms with Crippen molar-refractivity contribution in [3.05, 3.63) is 40.3 Å². The first-order chi connectivity index (χ1) is 9.74. The van der Waals surface area contributed by atoms with Crippen LogP contribution in [0, 0.1) is 0 Å². The van der Waals surface area contributed by atoms with E-state index in [2.05, 4.69) is 14.9 Å². The predicted octanol–water partition coefficient (Wildman–Crippen LogP) is 3.14. The molecule has 1 aromatic rings. The summed E-state index contributed by atoms with van der Waals surface area (Å²) in [6.07, 6.45) is 1.68. The SMILES string of the molecule is CCOC(=O)c1cccc(N2CCC(N=[N+]=[N-])CC2)c1. The number of anilines is 1. The van der Waals surface area contributed by atoms with Crippen molar-refractivity contribution < 1.29 is 9.53 Å². The van der Waals surface area contributed by atoms with E-state index in [-0.39, 0.29) is 12.0 Å². The van der Waals surface area contributed by atoms with Crippen molar-refractivity contribution in [1.29, 1.82) is 0 Å². The number of rotatable bonds is 4. The Hall–Kier alpha value is -2.20. The Morgan fingerprint density at radius 3 is 2.90 bits per heavy atom. The summed E-state index contributed by atoms with van der Waals surface area (Å²) >= 11 is 0. The maximum absolute atomic E-state index is 11.7. The third kappa shape index (κ3) is 3.42. The molecule has 0 spiro atoms. The molecule has 1 aromatic carbocycles. The monoisotopic (exact) mass is 274 g/mol. The number of hydrogen-bond donors (Lipinski definition) is 0. The zero-order chi connectivity index (χ0) is 14.4. The minimum Gasteiger partial charge on any atom is -0.462 e. The van der Waals surface area contributed by atoms with Crippen LogP contribution in [0.1, 0.15) is 30.1 Å². The van der Waals surface area contributed by atoms with Crippen molar-refractivity contribution in [3.63, 3.8) is 0 Å². The van der Waals surface area contributed by atoms with Gasteiger partial charge < -0.3 is 9.64 Å². The van der Waals surface area contributed by atoms with Gasteiger partial charge in [0.05, 0.1) is 12.2 Å². The van der Waals surface area contributed by atoms with E-state index in [0.717, 1.165) is 31.6 Å². The normalized spacial score (nSPS) is 15.6. The smallest absolute Gasteiger partial charge is 0.338 e. The summed E-state index contributed by atoms with van der Waals surface area (Å²) < 4.78 is 5.01. The van der Waals surface area contributed by atoms with Gasteiger partial charge in [-0.05, 0) is 43.5 Å². The number of azide groups is 1. The van der Waals surface area contributed by atoms with Crippen LogP contribution in [0.2, 0.25) is 0 Å². The highest BCUT2D eigenvalue weighted by Crippen LogP contribution is 2.22. The van der Waals surface area contributed by atoms with Crippen molar-refractivity contribution in [2.45, 2.75) is 25.8 Å². The lowest BCUT2D eigenvalue weighted by atomic mass is 10.0. The van der Waals surface area contributed by atoms with E-state index in [1.54, 1.807) is 13.0 Å². The zero-order valence-corrected chi connectivity index (χ0v) is 11.5. The van der Waals surface area contributed by atoms with Gasteiger partial charge in [-0.15, -0.1) is 0 Å². The number of piperidine rings is 1. The molecule has 6 nitrogen and oxygen atoms in total. The van der Waals surface area contributed by atoms with Gasteiger partial charge in [0, 0.05) is 29.7 Å². The predicted molar refractivity (Wildman–Crippen MR) is 76.8 cm³/mol. The van der Waals surface area contributed by atoms with E-state index >= 15 is 0 Å². The second kappa shape index (κ2) is 6.82. The third-order valence-electron chi connectivity index (χ3n) is 3.40. The second-order valence-electron chi connectivity index (χ2n) is 4.69. The van der Waals surface area contributed by atoms with Gasteiger partial charge in [-0.25, -0.2) is 4.79 Å². The average Bonchev–Trinajstić information content (AvgIpc) is 2.49. The Morgan fingerprint density at radius 2 is 2.25 bits per heavy atom. The summed E-state index contributed by atoms with van der Waals surface area (Å²) in [6.45, 7) is 3.83. The molecule has 0 amide bonds. The van der Waals surface area contributed by atoms with Crippen molar-refractivity contribution >= 4 is 11.7 Å². The van der Waals surface area contributed by atoms with Crippen LogP contribution in [0.3, 0.4) is 0 Å². The second-order valence-corrected chi connectivity index (χ2v) is 4.69. The number of carbonyl (C=O) groups excluding carboxylic acids is 1. The Kier molecular flexibility index (Phi) is 4.85. The van der Waals surface area contributed by atoms with Crippen LogP contribution in [0.25, 0.3) is 10.4 Å². The van der Waals surface area contributed by atoms with Crippen molar-refractivity contribution in [2.24, 2.45) is 5.11 Å². The number of carbonyl (C=O) groups is 1. The first-order valence-corrected chi connectivity index (χ1v) is 6.81. The average molecular weight is 274 g/mol. The first-order valence-electron chi connectivity index (χ1n) is 6.81. The molecule has 1 heterocycles. The van der Waals surface area contributed by atoms with Gasteiger partial charge in [0.2, 0.25) is 0 Å². The molecule has 0 aliphatic carbocycles. The lowest BCUT2D eigenvalue weighted by Crippen LogP contribution is -2.35. The number of benzene rings is 1. The molecule has 0 aromatic heterocycles. The summed E-state index contributed by atoms with van der Waals surface area (Å²) in [7, 11) is 0. The standard InChI is InChI=1S/C14H18N4O2/c1-2-20-14(19)11-4-3-5-13(10-11)18-8-6-12(7-9-18)16-17-15/h3-5,10,12H,2,6-9H2,1H3. The van der Waals surface area contributed by atoms with Crippen LogP contribution < -0.4 is 4.90 Å². The van der Waals surface area contributed by atoms with E-state index in [0.29, 0.717) is 12.2 Å². The van der Waals surface area contributed by atoms with E-state index < -0.39 is 0 Å². The lowest BCUT2D eigenvalue weighted by Gasteiger charge is -2.31. The summed E-state index contributed by atoms with van der Waals surface area (Å²) in [6, 6.07) is 7.54. The molecule has 1 fully saturated rings.